The maximum atomic E-state index is 11.4. The number of nitrogens with one attached hydrogen (secondary N) is 1. The van der Waals surface area contributed by atoms with Gasteiger partial charge >= 0.3 is 5.97 Å². The van der Waals surface area contributed by atoms with Crippen molar-refractivity contribution in [1.29, 1.82) is 0 Å². The Balaban J connectivity index is 1.98. The second kappa shape index (κ2) is 5.84. The van der Waals surface area contributed by atoms with Crippen molar-refractivity contribution in [3.63, 3.8) is 0 Å². The Kier molecular flexibility index (Phi) is 4.17. The van der Waals surface area contributed by atoms with E-state index >= 15 is 0 Å². The van der Waals surface area contributed by atoms with Crippen molar-refractivity contribution in [3.05, 3.63) is 46.0 Å². The summed E-state index contributed by atoms with van der Waals surface area (Å²) < 4.78 is 9.78. The van der Waals surface area contributed by atoms with E-state index in [2.05, 4.69) is 23.0 Å². The van der Waals surface area contributed by atoms with E-state index in [1.54, 1.807) is 17.4 Å². The van der Waals surface area contributed by atoms with E-state index in [-0.39, 0.29) is 11.8 Å². The van der Waals surface area contributed by atoms with Crippen LogP contribution < -0.4 is 5.32 Å². The maximum Gasteiger partial charge on any atom is 0.374 e. The number of furan rings is 1. The lowest BCUT2D eigenvalue weighted by atomic mass is 10.2. The quantitative estimate of drug-likeness (QED) is 0.844. The molecule has 1 N–H and O–H groups in total. The fourth-order valence-corrected chi connectivity index (χ4v) is 2.41. The Bertz CT molecular complexity index is 504. The van der Waals surface area contributed by atoms with E-state index in [0.29, 0.717) is 6.54 Å². The molecule has 0 spiro atoms. The monoisotopic (exact) mass is 265 g/mol. The van der Waals surface area contributed by atoms with Crippen LogP contribution in [-0.4, -0.2) is 13.1 Å². The molecule has 0 amide bonds. The molecule has 4 nitrogen and oxygen atoms in total. The van der Waals surface area contributed by atoms with Crippen LogP contribution in [0.2, 0.25) is 0 Å². The van der Waals surface area contributed by atoms with Crippen molar-refractivity contribution in [3.8, 4) is 0 Å². The van der Waals surface area contributed by atoms with E-state index in [1.165, 1.54) is 18.3 Å². The van der Waals surface area contributed by atoms with Crippen LogP contribution in [0, 0.1) is 0 Å². The number of rotatable bonds is 5. The Morgan fingerprint density at radius 3 is 3.06 bits per heavy atom. The molecule has 5 heteroatoms. The van der Waals surface area contributed by atoms with Crippen molar-refractivity contribution in [2.45, 2.75) is 19.5 Å². The van der Waals surface area contributed by atoms with Gasteiger partial charge in [0.2, 0.25) is 5.76 Å². The minimum atomic E-state index is -0.444. The molecule has 0 bridgehead atoms. The SMILES string of the molecule is COC(=O)c1occc1CN[C@@H](C)c1cccs1. The van der Waals surface area contributed by atoms with Gasteiger partial charge in [0.15, 0.2) is 0 Å². The predicted molar refractivity (Wildman–Crippen MR) is 69.6 cm³/mol. The fraction of sp³-hybridized carbons (Fsp3) is 0.308. The van der Waals surface area contributed by atoms with Gasteiger partial charge in [-0.05, 0) is 24.4 Å². The van der Waals surface area contributed by atoms with Crippen LogP contribution >= 0.6 is 11.3 Å². The molecule has 0 aliphatic rings. The first-order valence-electron chi connectivity index (χ1n) is 5.64. The highest BCUT2D eigenvalue weighted by Crippen LogP contribution is 2.19. The molecular formula is C13H15NO3S. The van der Waals surface area contributed by atoms with Gasteiger partial charge in [-0.15, -0.1) is 11.3 Å². The van der Waals surface area contributed by atoms with Crippen molar-refractivity contribution in [2.75, 3.05) is 7.11 Å². The van der Waals surface area contributed by atoms with Gasteiger partial charge in [0.25, 0.3) is 0 Å². The van der Waals surface area contributed by atoms with Crippen molar-refractivity contribution in [2.24, 2.45) is 0 Å². The number of methoxy groups -OCH3 is 1. The lowest BCUT2D eigenvalue weighted by molar-refractivity contribution is 0.0563. The first-order valence-corrected chi connectivity index (χ1v) is 6.51. The molecule has 0 saturated heterocycles. The number of esters is 1. The van der Waals surface area contributed by atoms with Gasteiger partial charge in [0.05, 0.1) is 13.4 Å². The molecule has 0 fully saturated rings. The zero-order valence-corrected chi connectivity index (χ0v) is 11.1. The molecule has 0 aromatic carbocycles. The van der Waals surface area contributed by atoms with Crippen LogP contribution in [0.25, 0.3) is 0 Å². The van der Waals surface area contributed by atoms with Gasteiger partial charge in [0, 0.05) is 23.0 Å². The van der Waals surface area contributed by atoms with Gasteiger partial charge in [-0.3, -0.25) is 0 Å². The lowest BCUT2D eigenvalue weighted by Gasteiger charge is -2.11. The Hall–Kier alpha value is -1.59. The molecule has 2 heterocycles. The summed E-state index contributed by atoms with van der Waals surface area (Å²) in [5.41, 5.74) is 0.810. The van der Waals surface area contributed by atoms with E-state index in [9.17, 15) is 4.79 Å². The fourth-order valence-electron chi connectivity index (χ4n) is 1.65. The molecule has 2 aromatic rings. The molecule has 0 saturated carbocycles. The van der Waals surface area contributed by atoms with Crippen LogP contribution in [0.1, 0.15) is 34.0 Å². The van der Waals surface area contributed by atoms with E-state index in [4.69, 9.17) is 4.42 Å². The van der Waals surface area contributed by atoms with Crippen LogP contribution in [-0.2, 0) is 11.3 Å². The third kappa shape index (κ3) is 2.80. The minimum absolute atomic E-state index is 0.241. The van der Waals surface area contributed by atoms with Crippen LogP contribution in [0.5, 0.6) is 0 Å². The average molecular weight is 265 g/mol. The maximum absolute atomic E-state index is 11.4. The minimum Gasteiger partial charge on any atom is -0.463 e. The topological polar surface area (TPSA) is 51.5 Å². The smallest absolute Gasteiger partial charge is 0.374 e. The number of ether oxygens (including phenoxy) is 1. The Labute approximate surface area is 110 Å². The summed E-state index contributed by atoms with van der Waals surface area (Å²) in [4.78, 5) is 12.7. The molecule has 18 heavy (non-hydrogen) atoms. The van der Waals surface area contributed by atoms with E-state index in [1.807, 2.05) is 11.4 Å². The number of carbonyl (C=O) groups is 1. The third-order valence-electron chi connectivity index (χ3n) is 2.69. The number of carbonyl (C=O) groups excluding carboxylic acids is 1. The van der Waals surface area contributed by atoms with Crippen LogP contribution in [0.4, 0.5) is 0 Å². The predicted octanol–water partition coefficient (Wildman–Crippen LogP) is 2.98. The highest BCUT2D eigenvalue weighted by molar-refractivity contribution is 7.10. The number of hydrogen-bond acceptors (Lipinski definition) is 5. The van der Waals surface area contributed by atoms with Gasteiger partial charge in [-0.25, -0.2) is 4.79 Å². The molecule has 1 atom stereocenters. The van der Waals surface area contributed by atoms with Gasteiger partial charge in [-0.2, -0.15) is 0 Å². The van der Waals surface area contributed by atoms with Crippen LogP contribution in [0.15, 0.2) is 34.3 Å². The third-order valence-corrected chi connectivity index (χ3v) is 3.74. The highest BCUT2D eigenvalue weighted by atomic mass is 32.1. The first-order chi connectivity index (χ1) is 8.72. The standard InChI is InChI=1S/C13H15NO3S/c1-9(11-4-3-7-18-11)14-8-10-5-6-17-12(10)13(15)16-2/h3-7,9,14H,8H2,1-2H3/t9-/m0/s1. The van der Waals surface area contributed by atoms with E-state index in [0.717, 1.165) is 5.56 Å². The summed E-state index contributed by atoms with van der Waals surface area (Å²) in [5.74, 6) is -0.177. The zero-order chi connectivity index (χ0) is 13.0. The van der Waals surface area contributed by atoms with Gasteiger partial charge in [-0.1, -0.05) is 6.07 Å². The molecule has 0 aliphatic carbocycles. The second-order valence-corrected chi connectivity index (χ2v) is 4.86. The zero-order valence-electron chi connectivity index (χ0n) is 10.3. The summed E-state index contributed by atoms with van der Waals surface area (Å²) in [5, 5.41) is 5.40. The molecule has 0 radical (unpaired) electrons. The summed E-state index contributed by atoms with van der Waals surface area (Å²) in [7, 11) is 1.34. The van der Waals surface area contributed by atoms with Crippen molar-refractivity contribution >= 4 is 17.3 Å². The first kappa shape index (κ1) is 12.9. The molecular weight excluding hydrogens is 250 g/mol. The summed E-state index contributed by atoms with van der Waals surface area (Å²) >= 11 is 1.71. The average Bonchev–Trinajstić information content (AvgIpc) is 3.05. The molecule has 2 rings (SSSR count). The molecule has 96 valence electrons. The van der Waals surface area contributed by atoms with Crippen molar-refractivity contribution in [1.82, 2.24) is 5.32 Å². The highest BCUT2D eigenvalue weighted by Gasteiger charge is 2.16. The Morgan fingerprint density at radius 2 is 2.39 bits per heavy atom. The van der Waals surface area contributed by atoms with Gasteiger partial charge in [0.1, 0.15) is 0 Å². The summed E-state index contributed by atoms with van der Waals surface area (Å²) in [6.07, 6.45) is 1.50. The second-order valence-electron chi connectivity index (χ2n) is 3.88. The molecule has 2 aromatic heterocycles. The normalized spacial score (nSPS) is 12.3. The van der Waals surface area contributed by atoms with Crippen LogP contribution in [0.3, 0.4) is 0 Å². The Morgan fingerprint density at radius 1 is 1.56 bits per heavy atom. The van der Waals surface area contributed by atoms with E-state index < -0.39 is 5.97 Å². The summed E-state index contributed by atoms with van der Waals surface area (Å²) in [6, 6.07) is 6.13. The number of thiophene rings is 1. The number of hydrogen-bond donors (Lipinski definition) is 1. The lowest BCUT2D eigenvalue weighted by Crippen LogP contribution is -2.18. The molecule has 0 aliphatic heterocycles. The molecule has 0 unspecified atom stereocenters. The van der Waals surface area contributed by atoms with Crippen molar-refractivity contribution < 1.29 is 13.9 Å². The summed E-state index contributed by atoms with van der Waals surface area (Å²) in [6.45, 7) is 2.66. The largest absolute Gasteiger partial charge is 0.463 e. The van der Waals surface area contributed by atoms with Gasteiger partial charge < -0.3 is 14.5 Å².